The molecule has 1 aromatic carbocycles. The molecule has 5 heteroatoms. The van der Waals surface area contributed by atoms with Crippen molar-refractivity contribution < 1.29 is 4.79 Å². The largest absolute Gasteiger partial charge is 0.322 e. The molecule has 1 N–H and O–H groups in total. The van der Waals surface area contributed by atoms with Gasteiger partial charge in [-0.15, -0.1) is 11.3 Å². The Morgan fingerprint density at radius 1 is 1.00 bits per heavy atom. The van der Waals surface area contributed by atoms with E-state index in [9.17, 15) is 4.79 Å². The van der Waals surface area contributed by atoms with Gasteiger partial charge in [0.15, 0.2) is 0 Å². The summed E-state index contributed by atoms with van der Waals surface area (Å²) in [5.41, 5.74) is 2.95. The van der Waals surface area contributed by atoms with Crippen LogP contribution in [-0.2, 0) is 0 Å². The highest BCUT2D eigenvalue weighted by Gasteiger charge is 2.14. The number of thiophene rings is 1. The number of benzene rings is 1. The van der Waals surface area contributed by atoms with Gasteiger partial charge in [-0.2, -0.15) is 0 Å². The first-order valence-corrected chi connectivity index (χ1v) is 8.34. The third kappa shape index (κ3) is 2.77. The van der Waals surface area contributed by atoms with Crippen molar-refractivity contribution in [3.05, 3.63) is 77.9 Å². The lowest BCUT2D eigenvalue weighted by Gasteiger charge is -2.10. The van der Waals surface area contributed by atoms with Crippen LogP contribution in [0.3, 0.4) is 0 Å². The van der Waals surface area contributed by atoms with Crippen molar-refractivity contribution in [2.75, 3.05) is 5.32 Å². The number of pyridine rings is 2. The van der Waals surface area contributed by atoms with E-state index in [1.165, 1.54) is 0 Å². The molecule has 0 atom stereocenters. The van der Waals surface area contributed by atoms with Crippen LogP contribution < -0.4 is 5.32 Å². The number of nitrogens with zero attached hydrogens (tertiary/aromatic N) is 2. The van der Waals surface area contributed by atoms with Gasteiger partial charge in [-0.25, -0.2) is 4.98 Å². The fraction of sp³-hybridized carbons (Fsp3) is 0. The van der Waals surface area contributed by atoms with Crippen LogP contribution in [0.4, 0.5) is 5.69 Å². The normalized spacial score (nSPS) is 10.7. The van der Waals surface area contributed by atoms with E-state index >= 15 is 0 Å². The Balaban J connectivity index is 1.82. The van der Waals surface area contributed by atoms with Crippen LogP contribution in [0.5, 0.6) is 0 Å². The van der Waals surface area contributed by atoms with E-state index in [4.69, 9.17) is 0 Å². The highest BCUT2D eigenvalue weighted by atomic mass is 32.1. The van der Waals surface area contributed by atoms with Gasteiger partial charge in [0.2, 0.25) is 0 Å². The van der Waals surface area contributed by atoms with Crippen LogP contribution in [-0.4, -0.2) is 15.9 Å². The second-order valence-corrected chi connectivity index (χ2v) is 6.19. The van der Waals surface area contributed by atoms with Crippen LogP contribution in [0.1, 0.15) is 10.4 Å². The van der Waals surface area contributed by atoms with Gasteiger partial charge in [-0.05, 0) is 35.7 Å². The van der Waals surface area contributed by atoms with Gasteiger partial charge in [0.05, 0.1) is 21.7 Å². The number of carbonyl (C=O) groups is 1. The molecule has 0 spiro atoms. The number of para-hydroxylation sites is 1. The topological polar surface area (TPSA) is 54.9 Å². The van der Waals surface area contributed by atoms with Crippen LogP contribution >= 0.6 is 11.3 Å². The second kappa shape index (κ2) is 6.22. The first-order chi connectivity index (χ1) is 11.8. The minimum Gasteiger partial charge on any atom is -0.322 e. The molecule has 0 aliphatic carbocycles. The summed E-state index contributed by atoms with van der Waals surface area (Å²) in [5.74, 6) is -0.155. The number of anilines is 1. The molecule has 0 aliphatic rings. The first kappa shape index (κ1) is 14.5. The van der Waals surface area contributed by atoms with Crippen molar-refractivity contribution in [2.24, 2.45) is 0 Å². The average Bonchev–Trinajstić information content (AvgIpc) is 3.16. The highest BCUT2D eigenvalue weighted by molar-refractivity contribution is 7.13. The number of carbonyl (C=O) groups excluding carboxylic acids is 1. The zero-order valence-corrected chi connectivity index (χ0v) is 13.5. The maximum Gasteiger partial charge on any atom is 0.256 e. The predicted octanol–water partition coefficient (Wildman–Crippen LogP) is 4.61. The molecule has 24 heavy (non-hydrogen) atoms. The number of fused-ring (bicyclic) bond motifs is 1. The molecular weight excluding hydrogens is 318 g/mol. The van der Waals surface area contributed by atoms with E-state index in [1.807, 2.05) is 47.8 Å². The van der Waals surface area contributed by atoms with Crippen molar-refractivity contribution in [1.82, 2.24) is 9.97 Å². The molecule has 4 nitrogen and oxygen atoms in total. The SMILES string of the molecule is O=C(Nc1ccncc1)c1cc(-c2cccs2)nc2ccccc12. The zero-order valence-electron chi connectivity index (χ0n) is 12.6. The van der Waals surface area contributed by atoms with E-state index in [0.717, 1.165) is 21.5 Å². The standard InChI is InChI=1S/C19H13N3OS/c23-19(21-13-7-9-20-10-8-13)15-12-17(18-6-3-11-24-18)22-16-5-2-1-4-14(15)16/h1-12H,(H,20,21,23). The summed E-state index contributed by atoms with van der Waals surface area (Å²) >= 11 is 1.61. The van der Waals surface area contributed by atoms with Crippen molar-refractivity contribution in [2.45, 2.75) is 0 Å². The lowest BCUT2D eigenvalue weighted by molar-refractivity contribution is 0.102. The molecule has 0 saturated heterocycles. The van der Waals surface area contributed by atoms with Crippen LogP contribution in [0.25, 0.3) is 21.5 Å². The molecule has 4 aromatic rings. The molecule has 4 rings (SSSR count). The average molecular weight is 331 g/mol. The summed E-state index contributed by atoms with van der Waals surface area (Å²) in [6, 6.07) is 17.1. The third-order valence-electron chi connectivity index (χ3n) is 3.67. The predicted molar refractivity (Wildman–Crippen MR) is 97.2 cm³/mol. The van der Waals surface area contributed by atoms with Crippen LogP contribution in [0.15, 0.2) is 72.4 Å². The molecule has 0 radical (unpaired) electrons. The molecule has 0 unspecified atom stereocenters. The van der Waals surface area contributed by atoms with E-state index in [2.05, 4.69) is 15.3 Å². The molecule has 116 valence electrons. The fourth-order valence-electron chi connectivity index (χ4n) is 2.55. The summed E-state index contributed by atoms with van der Waals surface area (Å²) in [6.07, 6.45) is 3.30. The number of rotatable bonds is 3. The second-order valence-electron chi connectivity index (χ2n) is 5.24. The van der Waals surface area contributed by atoms with Gasteiger partial charge in [0.25, 0.3) is 5.91 Å². The molecule has 3 heterocycles. The fourth-order valence-corrected chi connectivity index (χ4v) is 3.23. The Kier molecular flexibility index (Phi) is 3.76. The molecular formula is C19H13N3OS. The van der Waals surface area contributed by atoms with Crippen molar-refractivity contribution in [3.8, 4) is 10.6 Å². The molecule has 0 bridgehead atoms. The number of aromatic nitrogens is 2. The van der Waals surface area contributed by atoms with Gasteiger partial charge in [0, 0.05) is 23.5 Å². The number of amides is 1. The Morgan fingerprint density at radius 3 is 2.62 bits per heavy atom. The number of nitrogens with one attached hydrogen (secondary N) is 1. The van der Waals surface area contributed by atoms with Gasteiger partial charge < -0.3 is 5.32 Å². The van der Waals surface area contributed by atoms with E-state index < -0.39 is 0 Å². The quantitative estimate of drug-likeness (QED) is 0.596. The lowest BCUT2D eigenvalue weighted by atomic mass is 10.1. The maximum absolute atomic E-state index is 12.8. The summed E-state index contributed by atoms with van der Waals surface area (Å²) in [5, 5.41) is 5.76. The first-order valence-electron chi connectivity index (χ1n) is 7.46. The zero-order chi connectivity index (χ0) is 16.4. The molecule has 0 saturated carbocycles. The molecule has 3 aromatic heterocycles. The van der Waals surface area contributed by atoms with E-state index in [-0.39, 0.29) is 5.91 Å². The third-order valence-corrected chi connectivity index (χ3v) is 4.56. The molecule has 0 aliphatic heterocycles. The maximum atomic E-state index is 12.8. The summed E-state index contributed by atoms with van der Waals surface area (Å²) in [6.45, 7) is 0. The minimum absolute atomic E-state index is 0.155. The lowest BCUT2D eigenvalue weighted by Crippen LogP contribution is -2.13. The Morgan fingerprint density at radius 2 is 1.83 bits per heavy atom. The minimum atomic E-state index is -0.155. The van der Waals surface area contributed by atoms with Crippen molar-refractivity contribution in [3.63, 3.8) is 0 Å². The van der Waals surface area contributed by atoms with Gasteiger partial charge in [-0.1, -0.05) is 24.3 Å². The summed E-state index contributed by atoms with van der Waals surface area (Å²) in [4.78, 5) is 22.5. The van der Waals surface area contributed by atoms with Crippen molar-refractivity contribution in [1.29, 1.82) is 0 Å². The Hall–Kier alpha value is -3.05. The number of hydrogen-bond donors (Lipinski definition) is 1. The highest BCUT2D eigenvalue weighted by Crippen LogP contribution is 2.28. The molecule has 1 amide bonds. The Labute approximate surface area is 142 Å². The monoisotopic (exact) mass is 331 g/mol. The van der Waals surface area contributed by atoms with Crippen LogP contribution in [0.2, 0.25) is 0 Å². The van der Waals surface area contributed by atoms with Crippen LogP contribution in [0, 0.1) is 0 Å². The van der Waals surface area contributed by atoms with Gasteiger partial charge in [0.1, 0.15) is 0 Å². The van der Waals surface area contributed by atoms with Gasteiger partial charge in [-0.3, -0.25) is 9.78 Å². The van der Waals surface area contributed by atoms with Crippen molar-refractivity contribution >= 4 is 33.8 Å². The number of hydrogen-bond acceptors (Lipinski definition) is 4. The summed E-state index contributed by atoms with van der Waals surface area (Å²) < 4.78 is 0. The van der Waals surface area contributed by atoms with E-state index in [1.54, 1.807) is 35.9 Å². The van der Waals surface area contributed by atoms with Gasteiger partial charge >= 0.3 is 0 Å². The van der Waals surface area contributed by atoms with E-state index in [0.29, 0.717) is 11.3 Å². The smallest absolute Gasteiger partial charge is 0.256 e. The Bertz CT molecular complexity index is 998. The summed E-state index contributed by atoms with van der Waals surface area (Å²) in [7, 11) is 0. The molecule has 0 fully saturated rings.